The average Bonchev–Trinajstić information content (AvgIpc) is 3.44. The molecule has 170 valence electrons. The van der Waals surface area contributed by atoms with E-state index in [-0.39, 0.29) is 18.1 Å². The number of urea groups is 1. The van der Waals surface area contributed by atoms with Gasteiger partial charge in [-0.15, -0.1) is 0 Å². The fraction of sp³-hybridized carbons (Fsp3) is 0.200. The predicted octanol–water partition coefficient (Wildman–Crippen LogP) is 2.35. The van der Waals surface area contributed by atoms with Gasteiger partial charge in [-0.05, 0) is 19.1 Å². The van der Waals surface area contributed by atoms with Gasteiger partial charge in [0.05, 0.1) is 49.0 Å². The van der Waals surface area contributed by atoms with E-state index in [0.29, 0.717) is 34.6 Å². The molecule has 0 spiro atoms. The summed E-state index contributed by atoms with van der Waals surface area (Å²) in [6.07, 6.45) is 4.56. The Morgan fingerprint density at radius 2 is 1.91 bits per heavy atom. The summed E-state index contributed by atoms with van der Waals surface area (Å²) in [6.45, 7) is 1.87. The molecular formula is C20H19ClFN9O2. The van der Waals surface area contributed by atoms with Gasteiger partial charge < -0.3 is 15.4 Å². The van der Waals surface area contributed by atoms with Crippen LogP contribution in [0.5, 0.6) is 5.75 Å². The molecule has 2 amide bonds. The highest BCUT2D eigenvalue weighted by Gasteiger charge is 2.14. The number of amides is 2. The van der Waals surface area contributed by atoms with Crippen molar-refractivity contribution in [3.8, 4) is 17.1 Å². The summed E-state index contributed by atoms with van der Waals surface area (Å²) in [4.78, 5) is 24.9. The van der Waals surface area contributed by atoms with Crippen LogP contribution in [0.25, 0.3) is 11.4 Å². The van der Waals surface area contributed by atoms with Crippen LogP contribution in [0.2, 0.25) is 5.02 Å². The first-order valence-corrected chi connectivity index (χ1v) is 10.1. The van der Waals surface area contributed by atoms with Crippen LogP contribution in [0.3, 0.4) is 0 Å². The number of hydrogen-bond donors (Lipinski definition) is 2. The SMILES string of the molecule is COc1cncc(-n2ncnc2CNC(=O)NCc2nc(C)nn2-c2ccc(Cl)c(F)c2)c1. The zero-order valence-corrected chi connectivity index (χ0v) is 18.4. The Hall–Kier alpha value is -4.06. The first-order chi connectivity index (χ1) is 15.9. The summed E-state index contributed by atoms with van der Waals surface area (Å²) in [5.74, 6) is 1.39. The maximum atomic E-state index is 13.9. The van der Waals surface area contributed by atoms with Gasteiger partial charge in [0.1, 0.15) is 23.7 Å². The highest BCUT2D eigenvalue weighted by Crippen LogP contribution is 2.19. The molecule has 3 aromatic heterocycles. The molecule has 13 heteroatoms. The van der Waals surface area contributed by atoms with Crippen LogP contribution >= 0.6 is 11.6 Å². The Kier molecular flexibility index (Phi) is 6.45. The van der Waals surface area contributed by atoms with Gasteiger partial charge in [-0.25, -0.2) is 28.5 Å². The van der Waals surface area contributed by atoms with Gasteiger partial charge in [0.25, 0.3) is 0 Å². The molecule has 0 unspecified atom stereocenters. The van der Waals surface area contributed by atoms with Crippen molar-refractivity contribution in [2.24, 2.45) is 0 Å². The van der Waals surface area contributed by atoms with Gasteiger partial charge >= 0.3 is 6.03 Å². The lowest BCUT2D eigenvalue weighted by Crippen LogP contribution is -2.36. The second-order valence-corrected chi connectivity index (χ2v) is 7.20. The highest BCUT2D eigenvalue weighted by atomic mass is 35.5. The third kappa shape index (κ3) is 5.06. The molecule has 0 radical (unpaired) electrons. The van der Waals surface area contributed by atoms with E-state index < -0.39 is 11.8 Å². The molecule has 33 heavy (non-hydrogen) atoms. The van der Waals surface area contributed by atoms with Crippen LogP contribution in [0.15, 0.2) is 43.0 Å². The number of pyridine rings is 1. The maximum absolute atomic E-state index is 13.9. The number of aromatic nitrogens is 7. The molecule has 0 saturated heterocycles. The van der Waals surface area contributed by atoms with Gasteiger partial charge in [-0.2, -0.15) is 10.2 Å². The van der Waals surface area contributed by atoms with Crippen molar-refractivity contribution < 1.29 is 13.9 Å². The molecule has 0 bridgehead atoms. The Morgan fingerprint density at radius 3 is 2.67 bits per heavy atom. The van der Waals surface area contributed by atoms with Gasteiger partial charge in [0, 0.05) is 12.1 Å². The monoisotopic (exact) mass is 471 g/mol. The number of carbonyl (C=O) groups is 1. The number of nitrogens with zero attached hydrogens (tertiary/aromatic N) is 7. The van der Waals surface area contributed by atoms with E-state index in [4.69, 9.17) is 16.3 Å². The summed E-state index contributed by atoms with van der Waals surface area (Å²) in [5, 5.41) is 13.9. The normalized spacial score (nSPS) is 10.8. The summed E-state index contributed by atoms with van der Waals surface area (Å²) in [5.41, 5.74) is 1.08. The molecule has 0 fully saturated rings. The van der Waals surface area contributed by atoms with Crippen molar-refractivity contribution in [3.05, 3.63) is 71.3 Å². The fourth-order valence-corrected chi connectivity index (χ4v) is 3.13. The van der Waals surface area contributed by atoms with Crippen molar-refractivity contribution in [3.63, 3.8) is 0 Å². The Bertz CT molecular complexity index is 1290. The van der Waals surface area contributed by atoms with Crippen molar-refractivity contribution in [1.82, 2.24) is 45.1 Å². The minimum absolute atomic E-state index is 0.00668. The number of nitrogens with one attached hydrogen (secondary N) is 2. The molecule has 3 heterocycles. The van der Waals surface area contributed by atoms with E-state index in [0.717, 1.165) is 0 Å². The zero-order chi connectivity index (χ0) is 23.4. The fourth-order valence-electron chi connectivity index (χ4n) is 3.01. The Labute approximate surface area is 192 Å². The predicted molar refractivity (Wildman–Crippen MR) is 116 cm³/mol. The van der Waals surface area contributed by atoms with Crippen molar-refractivity contribution in [1.29, 1.82) is 0 Å². The van der Waals surface area contributed by atoms with E-state index in [9.17, 15) is 9.18 Å². The number of rotatable bonds is 7. The maximum Gasteiger partial charge on any atom is 0.315 e. The smallest absolute Gasteiger partial charge is 0.315 e. The second-order valence-electron chi connectivity index (χ2n) is 6.79. The van der Waals surface area contributed by atoms with E-state index >= 15 is 0 Å². The number of halogens is 2. The second kappa shape index (κ2) is 9.61. The molecule has 0 aliphatic carbocycles. The lowest BCUT2D eigenvalue weighted by atomic mass is 10.3. The summed E-state index contributed by atoms with van der Waals surface area (Å²) in [6, 6.07) is 5.59. The largest absolute Gasteiger partial charge is 0.495 e. The van der Waals surface area contributed by atoms with E-state index in [1.54, 1.807) is 43.2 Å². The number of benzene rings is 1. The van der Waals surface area contributed by atoms with Gasteiger partial charge in [0.15, 0.2) is 11.6 Å². The molecule has 2 N–H and O–H groups in total. The number of hydrogen-bond acceptors (Lipinski definition) is 7. The quantitative estimate of drug-likeness (QED) is 0.424. The van der Waals surface area contributed by atoms with Gasteiger partial charge in [-0.3, -0.25) is 4.98 Å². The Balaban J connectivity index is 1.40. The third-order valence-corrected chi connectivity index (χ3v) is 4.85. The molecule has 4 rings (SSSR count). The minimum Gasteiger partial charge on any atom is -0.495 e. The summed E-state index contributed by atoms with van der Waals surface area (Å²) >= 11 is 5.75. The lowest BCUT2D eigenvalue weighted by molar-refractivity contribution is 0.239. The molecule has 11 nitrogen and oxygen atoms in total. The standard InChI is InChI=1S/C20H19ClFN9O2/c1-12-28-19(31(29-12)13-3-4-16(21)17(22)6-13)10-25-20(32)24-9-18-26-11-27-30(18)14-5-15(33-2)8-23-7-14/h3-8,11H,9-10H2,1-2H3,(H2,24,25,32). The van der Waals surface area contributed by atoms with Gasteiger partial charge in [0.2, 0.25) is 0 Å². The summed E-state index contributed by atoms with van der Waals surface area (Å²) < 4.78 is 22.0. The number of methoxy groups -OCH3 is 1. The van der Waals surface area contributed by atoms with E-state index in [1.807, 2.05) is 0 Å². The van der Waals surface area contributed by atoms with Crippen LogP contribution in [0.1, 0.15) is 17.5 Å². The molecular weight excluding hydrogens is 453 g/mol. The van der Waals surface area contributed by atoms with Crippen LogP contribution in [0.4, 0.5) is 9.18 Å². The number of aryl methyl sites for hydroxylation is 1. The number of carbonyl (C=O) groups excluding carboxylic acids is 1. The summed E-state index contributed by atoms with van der Waals surface area (Å²) in [7, 11) is 1.54. The number of ether oxygens (including phenoxy) is 1. The lowest BCUT2D eigenvalue weighted by Gasteiger charge is -2.10. The highest BCUT2D eigenvalue weighted by molar-refractivity contribution is 6.30. The molecule has 1 aromatic carbocycles. The average molecular weight is 472 g/mol. The van der Waals surface area contributed by atoms with Gasteiger partial charge in [-0.1, -0.05) is 11.6 Å². The van der Waals surface area contributed by atoms with Crippen LogP contribution in [0, 0.1) is 12.7 Å². The third-order valence-electron chi connectivity index (χ3n) is 4.54. The first kappa shape index (κ1) is 22.1. The van der Waals surface area contributed by atoms with E-state index in [2.05, 4.69) is 35.8 Å². The van der Waals surface area contributed by atoms with Crippen molar-refractivity contribution >= 4 is 17.6 Å². The molecule has 0 saturated carbocycles. The van der Waals surface area contributed by atoms with Crippen LogP contribution in [-0.2, 0) is 13.1 Å². The topological polar surface area (TPSA) is 125 Å². The first-order valence-electron chi connectivity index (χ1n) is 9.72. The molecule has 0 atom stereocenters. The van der Waals surface area contributed by atoms with Crippen LogP contribution in [-0.4, -0.2) is 47.7 Å². The minimum atomic E-state index is -0.575. The molecule has 4 aromatic rings. The van der Waals surface area contributed by atoms with Crippen molar-refractivity contribution in [2.45, 2.75) is 20.0 Å². The molecule has 0 aliphatic rings. The molecule has 0 aliphatic heterocycles. The van der Waals surface area contributed by atoms with Crippen LogP contribution < -0.4 is 15.4 Å². The zero-order valence-electron chi connectivity index (χ0n) is 17.7. The van der Waals surface area contributed by atoms with Crippen molar-refractivity contribution in [2.75, 3.05) is 7.11 Å². The van der Waals surface area contributed by atoms with E-state index in [1.165, 1.54) is 23.1 Å². The Morgan fingerprint density at radius 1 is 1.12 bits per heavy atom.